The van der Waals surface area contributed by atoms with Crippen LogP contribution < -0.4 is 4.74 Å². The van der Waals surface area contributed by atoms with Gasteiger partial charge in [-0.3, -0.25) is 0 Å². The Bertz CT molecular complexity index is 536. The number of rotatable bonds is 4. The second-order valence-corrected chi connectivity index (χ2v) is 5.05. The summed E-state index contributed by atoms with van der Waals surface area (Å²) in [6.45, 7) is 0.593. The Morgan fingerprint density at radius 1 is 1.05 bits per heavy atom. The Morgan fingerprint density at radius 2 is 1.79 bits per heavy atom. The first kappa shape index (κ1) is 12.2. The third kappa shape index (κ3) is 2.64. The Morgan fingerprint density at radius 3 is 2.63 bits per heavy atom. The van der Waals surface area contributed by atoms with Gasteiger partial charge in [0.15, 0.2) is 0 Å². The lowest BCUT2D eigenvalue weighted by atomic mass is 9.91. The van der Waals surface area contributed by atoms with Crippen molar-refractivity contribution in [3.63, 3.8) is 0 Å². The molecule has 0 bridgehead atoms. The van der Waals surface area contributed by atoms with Gasteiger partial charge in [-0.1, -0.05) is 48.5 Å². The highest BCUT2D eigenvalue weighted by molar-refractivity contribution is 5.40. The molecule has 2 aromatic carbocycles. The van der Waals surface area contributed by atoms with E-state index in [2.05, 4.69) is 18.2 Å². The number of ether oxygens (including phenoxy) is 1. The normalized spacial score (nSPS) is 18.7. The van der Waals surface area contributed by atoms with Gasteiger partial charge in [0.05, 0.1) is 12.7 Å². The number of aliphatic hydroxyl groups is 1. The molecule has 0 saturated carbocycles. The average molecular weight is 254 g/mol. The fourth-order valence-corrected chi connectivity index (χ4v) is 2.67. The fourth-order valence-electron chi connectivity index (χ4n) is 2.67. The van der Waals surface area contributed by atoms with Crippen molar-refractivity contribution in [1.29, 1.82) is 0 Å². The van der Waals surface area contributed by atoms with E-state index in [-0.39, 0.29) is 12.0 Å². The third-order valence-electron chi connectivity index (χ3n) is 3.77. The minimum absolute atomic E-state index is 0.111. The first-order valence-corrected chi connectivity index (χ1v) is 6.78. The largest absolute Gasteiger partial charge is 0.493 e. The van der Waals surface area contributed by atoms with E-state index >= 15 is 0 Å². The Balaban J connectivity index is 1.64. The molecule has 2 nitrogen and oxygen atoms in total. The molecule has 1 aliphatic heterocycles. The molecular weight excluding hydrogens is 236 g/mol. The van der Waals surface area contributed by atoms with Crippen LogP contribution in [0.3, 0.4) is 0 Å². The van der Waals surface area contributed by atoms with Crippen LogP contribution in [-0.2, 0) is 6.42 Å². The van der Waals surface area contributed by atoms with Gasteiger partial charge in [0, 0.05) is 11.5 Å². The monoisotopic (exact) mass is 254 g/mol. The molecule has 0 aliphatic carbocycles. The van der Waals surface area contributed by atoms with Gasteiger partial charge in [-0.2, -0.15) is 0 Å². The quantitative estimate of drug-likeness (QED) is 0.908. The van der Waals surface area contributed by atoms with Crippen molar-refractivity contribution in [3.05, 3.63) is 65.7 Å². The predicted octanol–water partition coefficient (Wildman–Crippen LogP) is 3.16. The zero-order chi connectivity index (χ0) is 13.1. The van der Waals surface area contributed by atoms with Crippen molar-refractivity contribution in [2.75, 3.05) is 6.61 Å². The van der Waals surface area contributed by atoms with Gasteiger partial charge in [0.25, 0.3) is 0 Å². The molecule has 0 saturated heterocycles. The molecule has 19 heavy (non-hydrogen) atoms. The maximum atomic E-state index is 10.4. The van der Waals surface area contributed by atoms with Crippen LogP contribution in [0.4, 0.5) is 0 Å². The molecule has 3 rings (SSSR count). The molecule has 98 valence electrons. The number of fused-ring (bicyclic) bond motifs is 1. The Kier molecular flexibility index (Phi) is 3.51. The standard InChI is InChI=1S/C17H18O2/c18-16(11-10-13-6-2-1-3-7-13)15-12-19-17-9-5-4-8-14(15)17/h1-9,15-16,18H,10-12H2. The zero-order valence-electron chi connectivity index (χ0n) is 10.8. The number of hydrogen-bond acceptors (Lipinski definition) is 2. The van der Waals surface area contributed by atoms with Crippen LogP contribution in [0.15, 0.2) is 54.6 Å². The maximum absolute atomic E-state index is 10.4. The van der Waals surface area contributed by atoms with Crippen LogP contribution in [0.5, 0.6) is 5.75 Å². The van der Waals surface area contributed by atoms with Gasteiger partial charge >= 0.3 is 0 Å². The van der Waals surface area contributed by atoms with Crippen LogP contribution in [0.2, 0.25) is 0 Å². The lowest BCUT2D eigenvalue weighted by Gasteiger charge is -2.17. The molecular formula is C17H18O2. The topological polar surface area (TPSA) is 29.5 Å². The highest BCUT2D eigenvalue weighted by Gasteiger charge is 2.29. The van der Waals surface area contributed by atoms with Crippen molar-refractivity contribution in [3.8, 4) is 5.75 Å². The first-order valence-electron chi connectivity index (χ1n) is 6.78. The van der Waals surface area contributed by atoms with Crippen LogP contribution >= 0.6 is 0 Å². The molecule has 2 atom stereocenters. The van der Waals surface area contributed by atoms with Crippen molar-refractivity contribution in [2.45, 2.75) is 24.9 Å². The number of aryl methyl sites for hydroxylation is 1. The molecule has 0 aromatic heterocycles. The lowest BCUT2D eigenvalue weighted by Crippen LogP contribution is -2.20. The molecule has 2 unspecified atom stereocenters. The summed E-state index contributed by atoms with van der Waals surface area (Å²) in [4.78, 5) is 0. The summed E-state index contributed by atoms with van der Waals surface area (Å²) in [6, 6.07) is 18.3. The summed E-state index contributed by atoms with van der Waals surface area (Å²) >= 11 is 0. The molecule has 1 heterocycles. The number of para-hydroxylation sites is 1. The van der Waals surface area contributed by atoms with Crippen molar-refractivity contribution < 1.29 is 9.84 Å². The molecule has 0 fully saturated rings. The molecule has 2 heteroatoms. The molecule has 1 aliphatic rings. The molecule has 0 amide bonds. The summed E-state index contributed by atoms with van der Waals surface area (Å²) in [5, 5.41) is 10.4. The highest BCUT2D eigenvalue weighted by atomic mass is 16.5. The molecule has 0 radical (unpaired) electrons. The summed E-state index contributed by atoms with van der Waals surface area (Å²) in [7, 11) is 0. The van der Waals surface area contributed by atoms with Gasteiger partial charge < -0.3 is 9.84 Å². The maximum Gasteiger partial charge on any atom is 0.123 e. The lowest BCUT2D eigenvalue weighted by molar-refractivity contribution is 0.120. The van der Waals surface area contributed by atoms with Gasteiger partial charge in [0.2, 0.25) is 0 Å². The second-order valence-electron chi connectivity index (χ2n) is 5.05. The first-order chi connectivity index (χ1) is 9.34. The predicted molar refractivity (Wildman–Crippen MR) is 75.4 cm³/mol. The summed E-state index contributed by atoms with van der Waals surface area (Å²) in [6.07, 6.45) is 1.33. The van der Waals surface area contributed by atoms with E-state index in [9.17, 15) is 5.11 Å². The van der Waals surface area contributed by atoms with Gasteiger partial charge in [-0.05, 0) is 24.5 Å². The van der Waals surface area contributed by atoms with E-state index in [0.29, 0.717) is 6.61 Å². The number of benzene rings is 2. The Hall–Kier alpha value is -1.80. The fraction of sp³-hybridized carbons (Fsp3) is 0.294. The number of hydrogen-bond donors (Lipinski definition) is 1. The van der Waals surface area contributed by atoms with E-state index < -0.39 is 0 Å². The van der Waals surface area contributed by atoms with E-state index in [1.54, 1.807) is 0 Å². The van der Waals surface area contributed by atoms with Crippen LogP contribution in [0.25, 0.3) is 0 Å². The van der Waals surface area contributed by atoms with E-state index in [1.807, 2.05) is 36.4 Å². The van der Waals surface area contributed by atoms with Crippen LogP contribution in [-0.4, -0.2) is 17.8 Å². The van der Waals surface area contributed by atoms with E-state index in [0.717, 1.165) is 24.2 Å². The van der Waals surface area contributed by atoms with Gasteiger partial charge in [-0.25, -0.2) is 0 Å². The van der Waals surface area contributed by atoms with Crippen molar-refractivity contribution in [1.82, 2.24) is 0 Å². The highest BCUT2D eigenvalue weighted by Crippen LogP contribution is 2.36. The Labute approximate surface area is 113 Å². The van der Waals surface area contributed by atoms with Gasteiger partial charge in [0.1, 0.15) is 5.75 Å². The van der Waals surface area contributed by atoms with Crippen molar-refractivity contribution >= 4 is 0 Å². The van der Waals surface area contributed by atoms with E-state index in [4.69, 9.17) is 4.74 Å². The zero-order valence-corrected chi connectivity index (χ0v) is 10.8. The SMILES string of the molecule is OC(CCc1ccccc1)C1COc2ccccc21. The summed E-state index contributed by atoms with van der Waals surface area (Å²) in [5.41, 5.74) is 2.41. The molecule has 2 aromatic rings. The molecule has 1 N–H and O–H groups in total. The summed E-state index contributed by atoms with van der Waals surface area (Å²) < 4.78 is 5.62. The minimum Gasteiger partial charge on any atom is -0.493 e. The minimum atomic E-state index is -0.344. The van der Waals surface area contributed by atoms with E-state index in [1.165, 1.54) is 5.56 Å². The third-order valence-corrected chi connectivity index (χ3v) is 3.77. The summed E-state index contributed by atoms with van der Waals surface area (Å²) in [5.74, 6) is 1.03. The second kappa shape index (κ2) is 5.45. The van der Waals surface area contributed by atoms with Crippen LogP contribution in [0, 0.1) is 0 Å². The molecule has 0 spiro atoms. The van der Waals surface area contributed by atoms with Gasteiger partial charge in [-0.15, -0.1) is 0 Å². The average Bonchev–Trinajstić information content (AvgIpc) is 2.90. The smallest absolute Gasteiger partial charge is 0.123 e. The van der Waals surface area contributed by atoms with Crippen LogP contribution in [0.1, 0.15) is 23.5 Å². The number of aliphatic hydroxyl groups excluding tert-OH is 1. The van der Waals surface area contributed by atoms with Crippen molar-refractivity contribution in [2.24, 2.45) is 0 Å².